The second kappa shape index (κ2) is 2.42. The molecule has 0 spiro atoms. The van der Waals surface area contributed by atoms with Gasteiger partial charge in [0.2, 0.25) is 6.43 Å². The zero-order chi connectivity index (χ0) is 7.65. The molecule has 1 nitrogen and oxygen atoms in total. The van der Waals surface area contributed by atoms with Crippen molar-refractivity contribution in [1.29, 1.82) is 0 Å². The molecule has 3 heteroatoms. The molecule has 0 aromatic carbocycles. The van der Waals surface area contributed by atoms with Gasteiger partial charge >= 0.3 is 0 Å². The van der Waals surface area contributed by atoms with Crippen LogP contribution in [0.4, 0.5) is 8.78 Å². The Kier molecular flexibility index (Phi) is 2.29. The van der Waals surface area contributed by atoms with Crippen LogP contribution in [0.15, 0.2) is 0 Å². The van der Waals surface area contributed by atoms with Gasteiger partial charge in [-0.2, -0.15) is 0 Å². The van der Waals surface area contributed by atoms with Crippen molar-refractivity contribution in [3.05, 3.63) is 0 Å². The van der Waals surface area contributed by atoms with Gasteiger partial charge in [0.25, 0.3) is 0 Å². The first kappa shape index (κ1) is 8.53. The van der Waals surface area contributed by atoms with E-state index in [1.54, 1.807) is 0 Å². The summed E-state index contributed by atoms with van der Waals surface area (Å²) in [6, 6.07) is 0. The largest absolute Gasteiger partial charge is 0.299 e. The van der Waals surface area contributed by atoms with Gasteiger partial charge in [-0.15, -0.1) is 0 Å². The maximum absolute atomic E-state index is 11.8. The van der Waals surface area contributed by atoms with Crippen LogP contribution >= 0.6 is 0 Å². The van der Waals surface area contributed by atoms with Crippen molar-refractivity contribution in [2.45, 2.75) is 27.2 Å². The minimum absolute atomic E-state index is 0.475. The molecular formula is C6H10F2O. The number of ketones is 1. The van der Waals surface area contributed by atoms with E-state index in [9.17, 15) is 13.6 Å². The third-order valence-corrected chi connectivity index (χ3v) is 1.45. The number of rotatable bonds is 2. The fraction of sp³-hybridized carbons (Fsp3) is 0.833. The Balaban J connectivity index is 4.19. The molecule has 0 aliphatic carbocycles. The van der Waals surface area contributed by atoms with Crippen molar-refractivity contribution >= 4 is 5.78 Å². The summed E-state index contributed by atoms with van der Waals surface area (Å²) in [4.78, 5) is 10.4. The molecule has 0 aromatic rings. The normalized spacial score (nSPS) is 12.2. The number of Topliss-reactive ketones (excluding diaryl/α,β-unsaturated/α-hetero) is 1. The van der Waals surface area contributed by atoms with Crippen LogP contribution in [0.3, 0.4) is 0 Å². The van der Waals surface area contributed by atoms with E-state index in [0.717, 1.165) is 0 Å². The molecule has 9 heavy (non-hydrogen) atoms. The average Bonchev–Trinajstić information content (AvgIpc) is 1.65. The van der Waals surface area contributed by atoms with E-state index in [0.29, 0.717) is 0 Å². The highest BCUT2D eigenvalue weighted by Crippen LogP contribution is 2.25. The fourth-order valence-electron chi connectivity index (χ4n) is 0.154. The molecular weight excluding hydrogens is 126 g/mol. The number of hydrogen-bond acceptors (Lipinski definition) is 1. The highest BCUT2D eigenvalue weighted by atomic mass is 19.3. The van der Waals surface area contributed by atoms with Gasteiger partial charge in [0, 0.05) is 0 Å². The predicted molar refractivity (Wildman–Crippen MR) is 30.5 cm³/mol. The second-order valence-electron chi connectivity index (χ2n) is 2.58. The van der Waals surface area contributed by atoms with E-state index in [4.69, 9.17) is 0 Å². The minimum atomic E-state index is -2.56. The highest BCUT2D eigenvalue weighted by molar-refractivity contribution is 5.81. The fourth-order valence-corrected chi connectivity index (χ4v) is 0.154. The highest BCUT2D eigenvalue weighted by Gasteiger charge is 2.34. The Morgan fingerprint density at radius 3 is 1.78 bits per heavy atom. The summed E-state index contributed by atoms with van der Waals surface area (Å²) < 4.78 is 23.7. The average molecular weight is 136 g/mol. The van der Waals surface area contributed by atoms with Crippen LogP contribution in [0.25, 0.3) is 0 Å². The summed E-state index contributed by atoms with van der Waals surface area (Å²) in [5.74, 6) is -0.475. The minimum Gasteiger partial charge on any atom is -0.299 e. The Bertz CT molecular complexity index is 118. The monoisotopic (exact) mass is 136 g/mol. The summed E-state index contributed by atoms with van der Waals surface area (Å²) in [6.45, 7) is 3.64. The third kappa shape index (κ3) is 1.73. The van der Waals surface area contributed by atoms with Crippen molar-refractivity contribution in [2.24, 2.45) is 5.41 Å². The summed E-state index contributed by atoms with van der Waals surface area (Å²) in [6.07, 6.45) is -2.56. The van der Waals surface area contributed by atoms with Gasteiger partial charge < -0.3 is 0 Å². The van der Waals surface area contributed by atoms with Gasteiger partial charge in [0.15, 0.2) is 0 Å². The molecule has 0 fully saturated rings. The molecule has 0 radical (unpaired) electrons. The van der Waals surface area contributed by atoms with E-state index in [1.807, 2.05) is 0 Å². The van der Waals surface area contributed by atoms with Crippen LogP contribution in [0.1, 0.15) is 20.8 Å². The van der Waals surface area contributed by atoms with Crippen molar-refractivity contribution < 1.29 is 13.6 Å². The lowest BCUT2D eigenvalue weighted by Gasteiger charge is -2.18. The molecule has 0 aliphatic rings. The van der Waals surface area contributed by atoms with Gasteiger partial charge in [-0.25, -0.2) is 8.78 Å². The lowest BCUT2D eigenvalue weighted by atomic mass is 9.90. The first-order valence-electron chi connectivity index (χ1n) is 2.68. The van der Waals surface area contributed by atoms with Gasteiger partial charge in [-0.1, -0.05) is 0 Å². The van der Waals surface area contributed by atoms with E-state index in [1.165, 1.54) is 20.8 Å². The number of halogens is 2. The predicted octanol–water partition coefficient (Wildman–Crippen LogP) is 1.87. The van der Waals surface area contributed by atoms with Crippen LogP contribution in [0.5, 0.6) is 0 Å². The van der Waals surface area contributed by atoms with Crippen molar-refractivity contribution in [3.8, 4) is 0 Å². The lowest BCUT2D eigenvalue weighted by Crippen LogP contribution is -2.29. The first-order valence-corrected chi connectivity index (χ1v) is 2.68. The molecule has 0 saturated carbocycles. The van der Waals surface area contributed by atoms with Crippen LogP contribution in [-0.2, 0) is 4.79 Å². The number of hydrogen-bond donors (Lipinski definition) is 0. The van der Waals surface area contributed by atoms with E-state index in [-0.39, 0.29) is 0 Å². The van der Waals surface area contributed by atoms with Gasteiger partial charge in [-0.3, -0.25) is 4.79 Å². The van der Waals surface area contributed by atoms with Crippen LogP contribution in [-0.4, -0.2) is 12.2 Å². The summed E-state index contributed by atoms with van der Waals surface area (Å²) >= 11 is 0. The molecule has 0 unspecified atom stereocenters. The Morgan fingerprint density at radius 1 is 1.44 bits per heavy atom. The molecule has 0 heterocycles. The molecule has 0 bridgehead atoms. The topological polar surface area (TPSA) is 17.1 Å². The zero-order valence-electron chi connectivity index (χ0n) is 5.74. The molecule has 0 atom stereocenters. The standard InChI is InChI=1S/C6H10F2O/c1-4(9)6(2,3)5(7)8/h5H,1-3H3. The van der Waals surface area contributed by atoms with Crippen molar-refractivity contribution in [1.82, 2.24) is 0 Å². The van der Waals surface area contributed by atoms with E-state index < -0.39 is 17.6 Å². The van der Waals surface area contributed by atoms with E-state index in [2.05, 4.69) is 0 Å². The number of carbonyl (C=O) groups excluding carboxylic acids is 1. The molecule has 0 amide bonds. The zero-order valence-corrected chi connectivity index (χ0v) is 5.74. The van der Waals surface area contributed by atoms with Crippen LogP contribution in [0.2, 0.25) is 0 Å². The maximum atomic E-state index is 11.8. The Morgan fingerprint density at radius 2 is 1.78 bits per heavy atom. The molecule has 0 rings (SSSR count). The van der Waals surface area contributed by atoms with Crippen molar-refractivity contribution in [3.63, 3.8) is 0 Å². The molecule has 54 valence electrons. The maximum Gasteiger partial charge on any atom is 0.250 e. The van der Waals surface area contributed by atoms with Crippen molar-refractivity contribution in [2.75, 3.05) is 0 Å². The second-order valence-corrected chi connectivity index (χ2v) is 2.58. The first-order chi connectivity index (χ1) is 3.89. The molecule has 0 saturated heterocycles. The van der Waals surface area contributed by atoms with Crippen LogP contribution < -0.4 is 0 Å². The van der Waals surface area contributed by atoms with E-state index >= 15 is 0 Å². The van der Waals surface area contributed by atoms with Crippen LogP contribution in [0, 0.1) is 5.41 Å². The van der Waals surface area contributed by atoms with Gasteiger partial charge in [-0.05, 0) is 20.8 Å². The Labute approximate surface area is 53.1 Å². The van der Waals surface area contributed by atoms with Gasteiger partial charge in [0.05, 0.1) is 5.41 Å². The SMILES string of the molecule is CC(=O)C(C)(C)C(F)F. The lowest BCUT2D eigenvalue weighted by molar-refractivity contribution is -0.132. The summed E-state index contributed by atoms with van der Waals surface area (Å²) in [7, 11) is 0. The Hall–Kier alpha value is -0.470. The smallest absolute Gasteiger partial charge is 0.250 e. The van der Waals surface area contributed by atoms with Gasteiger partial charge in [0.1, 0.15) is 5.78 Å². The molecule has 0 N–H and O–H groups in total. The number of alkyl halides is 2. The third-order valence-electron chi connectivity index (χ3n) is 1.45. The quantitative estimate of drug-likeness (QED) is 0.566. The molecule has 0 aromatic heterocycles. The molecule has 0 aliphatic heterocycles. The summed E-state index contributed by atoms with van der Waals surface area (Å²) in [5, 5.41) is 0. The number of carbonyl (C=O) groups is 1. The summed E-state index contributed by atoms with van der Waals surface area (Å²) in [5.41, 5.74) is -1.47.